The van der Waals surface area contributed by atoms with Gasteiger partial charge in [-0.05, 0) is 25.2 Å². The normalized spacial score (nSPS) is 14.6. The van der Waals surface area contributed by atoms with Crippen LogP contribution in [0.3, 0.4) is 0 Å². The summed E-state index contributed by atoms with van der Waals surface area (Å²) in [4.78, 5) is 6.51. The van der Waals surface area contributed by atoms with E-state index in [1.165, 1.54) is 6.92 Å². The van der Waals surface area contributed by atoms with Gasteiger partial charge in [-0.2, -0.15) is 0 Å². The summed E-state index contributed by atoms with van der Waals surface area (Å²) in [5, 5.41) is -0.487. The van der Waals surface area contributed by atoms with Crippen LogP contribution in [0, 0.1) is 0 Å². The van der Waals surface area contributed by atoms with Crippen LogP contribution in [0.15, 0.2) is 21.0 Å². The molecule has 0 unspecified atom stereocenters. The minimum Gasteiger partial charge on any atom is -0.234 e. The number of amidine groups is 1. The zero-order valence-electron chi connectivity index (χ0n) is 5.24. The lowest BCUT2D eigenvalue weighted by atomic mass is 10.6. The van der Waals surface area contributed by atoms with Gasteiger partial charge in [-0.15, -0.1) is 0 Å². The van der Waals surface area contributed by atoms with Crippen molar-refractivity contribution < 1.29 is 4.39 Å². The molecule has 0 bridgehead atoms. The van der Waals surface area contributed by atoms with Gasteiger partial charge in [-0.3, -0.25) is 0 Å². The molecular weight excluding hydrogens is 178 g/mol. The Kier molecular flexibility index (Phi) is 4.23. The highest BCUT2D eigenvalue weighted by molar-refractivity contribution is 6.65. The highest BCUT2D eigenvalue weighted by Gasteiger charge is 1.95. The van der Waals surface area contributed by atoms with Crippen molar-refractivity contribution in [1.29, 1.82) is 0 Å². The van der Waals surface area contributed by atoms with Crippen LogP contribution in [0.1, 0.15) is 6.92 Å². The van der Waals surface area contributed by atoms with Crippen molar-refractivity contribution in [2.45, 2.75) is 6.92 Å². The van der Waals surface area contributed by atoms with Gasteiger partial charge in [-0.25, -0.2) is 14.4 Å². The van der Waals surface area contributed by atoms with Gasteiger partial charge in [-0.1, -0.05) is 11.6 Å². The topological polar surface area (TPSA) is 24.7 Å². The van der Waals surface area contributed by atoms with Crippen LogP contribution >= 0.6 is 23.2 Å². The van der Waals surface area contributed by atoms with Crippen molar-refractivity contribution in [2.75, 3.05) is 0 Å². The van der Waals surface area contributed by atoms with Gasteiger partial charge < -0.3 is 0 Å². The van der Waals surface area contributed by atoms with E-state index in [0.717, 1.165) is 0 Å². The monoisotopic (exact) mass is 182 g/mol. The second kappa shape index (κ2) is 4.41. The summed E-state index contributed by atoms with van der Waals surface area (Å²) in [6.45, 7) is 4.22. The Bertz CT molecular complexity index is 194. The number of nitrogens with zero attached hydrogens (tertiary/aromatic N) is 2. The first kappa shape index (κ1) is 9.59. The molecule has 0 aliphatic heterocycles. The standard InChI is InChI=1S/C5H5Cl2FN2/c1-3(8)4(6)10-5(7)9-2/h2H2,1H3/b4-3+,10-5-. The lowest BCUT2D eigenvalue weighted by Crippen LogP contribution is -1.79. The first-order valence-electron chi connectivity index (χ1n) is 2.30. The number of hydrogen-bond donors (Lipinski definition) is 0. The molecule has 0 atom stereocenters. The zero-order valence-corrected chi connectivity index (χ0v) is 6.75. The highest BCUT2D eigenvalue weighted by atomic mass is 35.5. The summed E-state index contributed by atoms with van der Waals surface area (Å²) in [5.74, 6) is -0.608. The predicted molar refractivity (Wildman–Crippen MR) is 42.5 cm³/mol. The van der Waals surface area contributed by atoms with E-state index >= 15 is 0 Å². The van der Waals surface area contributed by atoms with Crippen molar-refractivity contribution in [3.05, 3.63) is 11.0 Å². The molecule has 10 heavy (non-hydrogen) atoms. The molecule has 0 saturated heterocycles. The molecule has 0 radical (unpaired) electrons. The summed E-state index contributed by atoms with van der Waals surface area (Å²) in [6, 6.07) is 0. The summed E-state index contributed by atoms with van der Waals surface area (Å²) in [6.07, 6.45) is 0. The number of aliphatic imine (C=N–C) groups is 2. The van der Waals surface area contributed by atoms with E-state index in [4.69, 9.17) is 23.2 Å². The molecule has 0 aromatic rings. The largest absolute Gasteiger partial charge is 0.234 e. The molecule has 56 valence electrons. The van der Waals surface area contributed by atoms with Crippen molar-refractivity contribution in [2.24, 2.45) is 9.98 Å². The predicted octanol–water partition coefficient (Wildman–Crippen LogP) is 2.68. The molecule has 0 amide bonds. The van der Waals surface area contributed by atoms with E-state index in [0.29, 0.717) is 0 Å². The lowest BCUT2D eigenvalue weighted by Gasteiger charge is -1.88. The Hall–Kier alpha value is -0.410. The summed E-state index contributed by atoms with van der Waals surface area (Å²) in [5.41, 5.74) is 0. The fraction of sp³-hybridized carbons (Fsp3) is 0.200. The van der Waals surface area contributed by atoms with E-state index in [1.807, 2.05) is 0 Å². The Morgan fingerprint density at radius 1 is 1.50 bits per heavy atom. The fourth-order valence-electron chi connectivity index (χ4n) is 0.193. The first-order valence-corrected chi connectivity index (χ1v) is 3.06. The van der Waals surface area contributed by atoms with Gasteiger partial charge in [0.1, 0.15) is 5.83 Å². The van der Waals surface area contributed by atoms with E-state index < -0.39 is 5.83 Å². The van der Waals surface area contributed by atoms with Gasteiger partial charge in [0, 0.05) is 0 Å². The number of halogens is 3. The molecule has 0 saturated carbocycles. The molecule has 0 N–H and O–H groups in total. The Labute approximate surface area is 68.1 Å². The average Bonchev–Trinajstić information content (AvgIpc) is 1.87. The first-order chi connectivity index (χ1) is 4.57. The molecule has 0 fully saturated rings. The van der Waals surface area contributed by atoms with E-state index in [2.05, 4.69) is 16.7 Å². The molecule has 0 spiro atoms. The van der Waals surface area contributed by atoms with Crippen LogP contribution in [0.5, 0.6) is 0 Å². The third-order valence-corrected chi connectivity index (χ3v) is 1.15. The van der Waals surface area contributed by atoms with Crippen LogP contribution < -0.4 is 0 Å². The van der Waals surface area contributed by atoms with E-state index in [-0.39, 0.29) is 10.5 Å². The molecule has 0 aliphatic rings. The molecular formula is C5H5Cl2FN2. The highest BCUT2D eigenvalue weighted by Crippen LogP contribution is 2.12. The molecule has 0 rings (SSSR count). The van der Waals surface area contributed by atoms with E-state index in [1.54, 1.807) is 0 Å². The zero-order chi connectivity index (χ0) is 8.15. The smallest absolute Gasteiger partial charge is 0.223 e. The minimum atomic E-state index is -0.608. The second-order valence-corrected chi connectivity index (χ2v) is 2.06. The van der Waals surface area contributed by atoms with Crippen LogP contribution in [0.4, 0.5) is 4.39 Å². The van der Waals surface area contributed by atoms with Crippen molar-refractivity contribution in [3.63, 3.8) is 0 Å². The Balaban J connectivity index is 4.42. The number of allylic oxidation sites excluding steroid dienone is 1. The summed E-state index contributed by atoms with van der Waals surface area (Å²) < 4.78 is 12.1. The molecule has 0 aromatic carbocycles. The minimum absolute atomic E-state index is 0.179. The maximum Gasteiger partial charge on any atom is 0.223 e. The molecule has 0 aliphatic carbocycles. The van der Waals surface area contributed by atoms with Crippen LogP contribution in [0.25, 0.3) is 0 Å². The molecule has 0 heterocycles. The van der Waals surface area contributed by atoms with Gasteiger partial charge in [0.25, 0.3) is 0 Å². The van der Waals surface area contributed by atoms with Gasteiger partial charge in [0.05, 0.1) is 0 Å². The van der Waals surface area contributed by atoms with Crippen molar-refractivity contribution in [1.82, 2.24) is 0 Å². The SMILES string of the molecule is C=N/C(Cl)=N\C(Cl)=C(/C)F. The van der Waals surface area contributed by atoms with E-state index in [9.17, 15) is 4.39 Å². The Morgan fingerprint density at radius 3 is 2.30 bits per heavy atom. The van der Waals surface area contributed by atoms with Crippen LogP contribution in [-0.2, 0) is 0 Å². The third kappa shape index (κ3) is 3.58. The summed E-state index contributed by atoms with van der Waals surface area (Å²) >= 11 is 10.5. The lowest BCUT2D eigenvalue weighted by molar-refractivity contribution is 0.634. The van der Waals surface area contributed by atoms with Crippen LogP contribution in [-0.4, -0.2) is 12.0 Å². The quantitative estimate of drug-likeness (QED) is 0.339. The maximum atomic E-state index is 12.1. The number of rotatable bonds is 1. The van der Waals surface area contributed by atoms with Gasteiger partial charge >= 0.3 is 0 Å². The second-order valence-electron chi connectivity index (χ2n) is 1.36. The average molecular weight is 183 g/mol. The number of hydrogen-bond acceptors (Lipinski definition) is 1. The van der Waals surface area contributed by atoms with Crippen molar-refractivity contribution in [3.8, 4) is 0 Å². The maximum absolute atomic E-state index is 12.1. The van der Waals surface area contributed by atoms with Crippen LogP contribution in [0.2, 0.25) is 0 Å². The fourth-order valence-corrected chi connectivity index (χ4v) is 0.401. The molecule has 5 heteroatoms. The molecule has 0 aromatic heterocycles. The summed E-state index contributed by atoms with van der Waals surface area (Å²) in [7, 11) is 0. The van der Waals surface area contributed by atoms with Gasteiger partial charge in [0.2, 0.25) is 5.29 Å². The third-order valence-electron chi connectivity index (χ3n) is 0.605. The Morgan fingerprint density at radius 2 is 2.00 bits per heavy atom. The van der Waals surface area contributed by atoms with Gasteiger partial charge in [0.15, 0.2) is 5.16 Å². The van der Waals surface area contributed by atoms with Crippen molar-refractivity contribution >= 4 is 35.2 Å². The molecule has 2 nitrogen and oxygen atoms in total.